The fourth-order valence-corrected chi connectivity index (χ4v) is 6.02. The predicted octanol–water partition coefficient (Wildman–Crippen LogP) is 10.8. The molecule has 0 radical (unpaired) electrons. The average molecular weight is 616 g/mol. The van der Waals surface area contributed by atoms with Crippen LogP contribution in [-0.4, -0.2) is 47.7 Å². The molecule has 0 amide bonds. The number of carbonyl (C=O) groups is 1. The van der Waals surface area contributed by atoms with Crippen LogP contribution in [0.1, 0.15) is 201 Å². The number of aliphatic hydroxyl groups excluding tert-OH is 1. The SMILES string of the molecule is CCCCCCCCCCCCCCC(O)(CCCCCCCCCCCCCC)CC(COC(=O)CC)OCCO.N. The van der Waals surface area contributed by atoms with E-state index in [-0.39, 0.29) is 38.0 Å². The maximum Gasteiger partial charge on any atom is 0.305 e. The average Bonchev–Trinajstić information content (AvgIpc) is 2.99. The van der Waals surface area contributed by atoms with Crippen LogP contribution in [0.4, 0.5) is 0 Å². The van der Waals surface area contributed by atoms with Crippen molar-refractivity contribution in [2.45, 2.75) is 212 Å². The highest BCUT2D eigenvalue weighted by molar-refractivity contribution is 5.68. The third-order valence-electron chi connectivity index (χ3n) is 8.76. The van der Waals surface area contributed by atoms with E-state index in [2.05, 4.69) is 13.8 Å². The quantitative estimate of drug-likeness (QED) is 0.0490. The Hall–Kier alpha value is -0.690. The first-order chi connectivity index (χ1) is 20.5. The molecule has 6 heteroatoms. The molecule has 0 spiro atoms. The van der Waals surface area contributed by atoms with Gasteiger partial charge in [0.05, 0.1) is 24.9 Å². The number of esters is 1. The highest BCUT2D eigenvalue weighted by Crippen LogP contribution is 2.29. The van der Waals surface area contributed by atoms with Gasteiger partial charge in [-0.3, -0.25) is 4.79 Å². The van der Waals surface area contributed by atoms with Gasteiger partial charge in [0.1, 0.15) is 6.61 Å². The summed E-state index contributed by atoms with van der Waals surface area (Å²) in [6.45, 7) is 6.59. The zero-order chi connectivity index (χ0) is 31.0. The second-order valence-corrected chi connectivity index (χ2v) is 13.0. The summed E-state index contributed by atoms with van der Waals surface area (Å²) in [5.41, 5.74) is -0.810. The Labute approximate surface area is 268 Å². The number of hydrogen-bond acceptors (Lipinski definition) is 6. The van der Waals surface area contributed by atoms with E-state index < -0.39 is 5.60 Å². The van der Waals surface area contributed by atoms with Crippen molar-refractivity contribution in [3.63, 3.8) is 0 Å². The molecule has 0 bridgehead atoms. The molecule has 260 valence electrons. The molecule has 0 aromatic carbocycles. The number of unbranched alkanes of at least 4 members (excludes halogenated alkanes) is 22. The molecule has 1 unspecified atom stereocenters. The fraction of sp³-hybridized carbons (Fsp3) is 0.973. The normalized spacial score (nSPS) is 12.3. The molecule has 0 saturated carbocycles. The van der Waals surface area contributed by atoms with Crippen LogP contribution in [0.3, 0.4) is 0 Å². The Kier molecular flexibility index (Phi) is 35.3. The highest BCUT2D eigenvalue weighted by atomic mass is 16.6. The van der Waals surface area contributed by atoms with Crippen molar-refractivity contribution in [1.82, 2.24) is 6.15 Å². The molecule has 0 saturated heterocycles. The smallest absolute Gasteiger partial charge is 0.305 e. The minimum atomic E-state index is -0.810. The fourth-order valence-electron chi connectivity index (χ4n) is 6.02. The molecular formula is C37H77NO5. The van der Waals surface area contributed by atoms with Crippen molar-refractivity contribution in [2.24, 2.45) is 0 Å². The summed E-state index contributed by atoms with van der Waals surface area (Å²) in [4.78, 5) is 11.8. The first-order valence-electron chi connectivity index (χ1n) is 18.6. The van der Waals surface area contributed by atoms with Crippen LogP contribution in [0.15, 0.2) is 0 Å². The molecule has 0 aliphatic carbocycles. The van der Waals surface area contributed by atoms with Gasteiger partial charge in [0.2, 0.25) is 0 Å². The van der Waals surface area contributed by atoms with Gasteiger partial charge in [0.25, 0.3) is 0 Å². The molecule has 0 rings (SSSR count). The van der Waals surface area contributed by atoms with Gasteiger partial charge >= 0.3 is 5.97 Å². The Bertz CT molecular complexity index is 531. The first-order valence-corrected chi connectivity index (χ1v) is 18.6. The molecule has 6 nitrogen and oxygen atoms in total. The van der Waals surface area contributed by atoms with Crippen molar-refractivity contribution in [3.8, 4) is 0 Å². The van der Waals surface area contributed by atoms with E-state index in [4.69, 9.17) is 9.47 Å². The minimum Gasteiger partial charge on any atom is -0.463 e. The number of ether oxygens (including phenoxy) is 2. The van der Waals surface area contributed by atoms with Crippen LogP contribution in [0.25, 0.3) is 0 Å². The lowest BCUT2D eigenvalue weighted by Crippen LogP contribution is -2.37. The van der Waals surface area contributed by atoms with E-state index in [0.29, 0.717) is 12.8 Å². The van der Waals surface area contributed by atoms with Gasteiger partial charge in [-0.2, -0.15) is 0 Å². The van der Waals surface area contributed by atoms with Gasteiger partial charge in [-0.15, -0.1) is 0 Å². The summed E-state index contributed by atoms with van der Waals surface area (Å²) in [6.07, 6.45) is 33.2. The van der Waals surface area contributed by atoms with Crippen molar-refractivity contribution in [3.05, 3.63) is 0 Å². The maximum atomic E-state index is 11.8. The van der Waals surface area contributed by atoms with E-state index >= 15 is 0 Å². The van der Waals surface area contributed by atoms with Crippen molar-refractivity contribution in [1.29, 1.82) is 0 Å². The monoisotopic (exact) mass is 616 g/mol. The van der Waals surface area contributed by atoms with Gasteiger partial charge in [-0.25, -0.2) is 0 Å². The summed E-state index contributed by atoms with van der Waals surface area (Å²) in [6, 6.07) is 0. The zero-order valence-electron chi connectivity index (χ0n) is 29.3. The number of rotatable bonds is 34. The van der Waals surface area contributed by atoms with E-state index in [9.17, 15) is 15.0 Å². The zero-order valence-corrected chi connectivity index (χ0v) is 29.3. The van der Waals surface area contributed by atoms with Crippen LogP contribution in [-0.2, 0) is 14.3 Å². The summed E-state index contributed by atoms with van der Waals surface area (Å²) in [5.74, 6) is -0.252. The highest BCUT2D eigenvalue weighted by Gasteiger charge is 2.31. The van der Waals surface area contributed by atoms with Gasteiger partial charge < -0.3 is 25.8 Å². The summed E-state index contributed by atoms with van der Waals surface area (Å²) in [7, 11) is 0. The molecule has 5 N–H and O–H groups in total. The maximum absolute atomic E-state index is 11.8. The van der Waals surface area contributed by atoms with Crippen LogP contribution in [0.2, 0.25) is 0 Å². The lowest BCUT2D eigenvalue weighted by atomic mass is 9.85. The standard InChI is InChI=1S/C37H74O5.H3N/c1-4-7-9-11-13-15-17-19-21-23-25-27-29-37(40,33-35(41-32-31-38)34-42-36(39)6-3)30-28-26-24-22-20-18-16-14-12-10-8-5-2;/h35,38,40H,4-34H2,1-3H3;1H3. The third kappa shape index (κ3) is 31.1. The molecular weight excluding hydrogens is 538 g/mol. The molecule has 43 heavy (non-hydrogen) atoms. The number of carbonyl (C=O) groups excluding carboxylic acids is 1. The van der Waals surface area contributed by atoms with Gasteiger partial charge in [-0.05, 0) is 12.8 Å². The summed E-state index contributed by atoms with van der Waals surface area (Å²) in [5, 5.41) is 21.0. The summed E-state index contributed by atoms with van der Waals surface area (Å²) < 4.78 is 11.2. The topological polar surface area (TPSA) is 111 Å². The van der Waals surface area contributed by atoms with E-state index in [1.54, 1.807) is 6.92 Å². The Morgan fingerprint density at radius 2 is 0.953 bits per heavy atom. The van der Waals surface area contributed by atoms with Gasteiger partial charge in [0, 0.05) is 12.8 Å². The van der Waals surface area contributed by atoms with Crippen molar-refractivity contribution >= 4 is 5.97 Å². The van der Waals surface area contributed by atoms with Crippen LogP contribution in [0.5, 0.6) is 0 Å². The number of hydrogen-bond donors (Lipinski definition) is 3. The lowest BCUT2D eigenvalue weighted by molar-refractivity contribution is -0.150. The van der Waals surface area contributed by atoms with Crippen LogP contribution in [0, 0.1) is 0 Å². The van der Waals surface area contributed by atoms with Gasteiger partial charge in [-0.1, -0.05) is 175 Å². The Morgan fingerprint density at radius 3 is 1.28 bits per heavy atom. The van der Waals surface area contributed by atoms with Crippen LogP contribution >= 0.6 is 0 Å². The van der Waals surface area contributed by atoms with Crippen LogP contribution < -0.4 is 6.15 Å². The summed E-state index contributed by atoms with van der Waals surface area (Å²) >= 11 is 0. The predicted molar refractivity (Wildman–Crippen MR) is 184 cm³/mol. The molecule has 0 aromatic heterocycles. The second-order valence-electron chi connectivity index (χ2n) is 13.0. The molecule has 0 fully saturated rings. The van der Waals surface area contributed by atoms with E-state index in [1.165, 1.54) is 128 Å². The Morgan fingerprint density at radius 1 is 0.605 bits per heavy atom. The van der Waals surface area contributed by atoms with Crippen molar-refractivity contribution in [2.75, 3.05) is 19.8 Å². The van der Waals surface area contributed by atoms with E-state index in [1.807, 2.05) is 0 Å². The van der Waals surface area contributed by atoms with E-state index in [0.717, 1.165) is 38.5 Å². The molecule has 1 atom stereocenters. The van der Waals surface area contributed by atoms with Crippen molar-refractivity contribution < 1.29 is 24.5 Å². The minimum absolute atomic E-state index is 0. The Balaban J connectivity index is 0. The van der Waals surface area contributed by atoms with Gasteiger partial charge in [0.15, 0.2) is 0 Å². The molecule has 0 heterocycles. The first kappa shape index (κ1) is 44.4. The molecule has 0 aromatic rings. The molecule has 0 aliphatic heterocycles. The third-order valence-corrected chi connectivity index (χ3v) is 8.76. The molecule has 0 aliphatic rings. The number of aliphatic hydroxyl groups is 2. The lowest BCUT2D eigenvalue weighted by Gasteiger charge is -2.32. The second kappa shape index (κ2) is 34.2. The largest absolute Gasteiger partial charge is 0.463 e.